The number of likely N-dealkylation sites (tertiary alicyclic amines) is 1. The maximum atomic E-state index is 13.0. The van der Waals surface area contributed by atoms with Gasteiger partial charge in [-0.2, -0.15) is 0 Å². The number of piperidine rings is 1. The van der Waals surface area contributed by atoms with E-state index in [0.29, 0.717) is 23.0 Å². The molecular weight excluding hydrogens is 424 g/mol. The van der Waals surface area contributed by atoms with Crippen LogP contribution in [0.5, 0.6) is 0 Å². The van der Waals surface area contributed by atoms with Crippen LogP contribution >= 0.6 is 11.6 Å². The summed E-state index contributed by atoms with van der Waals surface area (Å²) in [5.74, 6) is -0.458. The third kappa shape index (κ3) is 4.15. The Morgan fingerprint density at radius 2 is 2.16 bits per heavy atom. The number of hydrogen-bond donors (Lipinski definition) is 2. The lowest BCUT2D eigenvalue weighted by atomic mass is 9.99. The summed E-state index contributed by atoms with van der Waals surface area (Å²) in [6, 6.07) is 4.58. The number of benzene rings is 1. The SMILES string of the molecule is COC(C)(C)C(O)C(=O)N1[C@H](C(=O)NCc2cc(Cl)ccc2-n2cnnn2)C[C@@H]2C[C@@H]21. The molecule has 31 heavy (non-hydrogen) atoms. The lowest BCUT2D eigenvalue weighted by Gasteiger charge is -2.34. The van der Waals surface area contributed by atoms with E-state index in [1.807, 2.05) is 0 Å². The molecule has 2 aromatic rings. The highest BCUT2D eigenvalue weighted by atomic mass is 35.5. The molecule has 1 aromatic carbocycles. The average molecular weight is 449 g/mol. The summed E-state index contributed by atoms with van der Waals surface area (Å²) in [6.07, 6.45) is 1.54. The van der Waals surface area contributed by atoms with Gasteiger partial charge in [-0.3, -0.25) is 9.59 Å². The highest BCUT2D eigenvalue weighted by Gasteiger charge is 2.57. The van der Waals surface area contributed by atoms with E-state index in [2.05, 4.69) is 20.8 Å². The zero-order chi connectivity index (χ0) is 22.3. The maximum Gasteiger partial charge on any atom is 0.255 e. The molecule has 2 fully saturated rings. The summed E-state index contributed by atoms with van der Waals surface area (Å²) in [4.78, 5) is 27.6. The van der Waals surface area contributed by atoms with Gasteiger partial charge in [0.05, 0.1) is 11.3 Å². The van der Waals surface area contributed by atoms with Gasteiger partial charge >= 0.3 is 0 Å². The smallest absolute Gasteiger partial charge is 0.255 e. The minimum atomic E-state index is -1.36. The number of carbonyl (C=O) groups is 2. The predicted molar refractivity (Wildman–Crippen MR) is 110 cm³/mol. The Kier molecular flexibility index (Phi) is 5.71. The molecule has 166 valence electrons. The Morgan fingerprint density at radius 1 is 1.39 bits per heavy atom. The Labute approximate surface area is 184 Å². The molecular formula is C20H25ClN6O4. The van der Waals surface area contributed by atoms with Gasteiger partial charge in [-0.1, -0.05) is 11.6 Å². The van der Waals surface area contributed by atoms with Crippen LogP contribution in [0, 0.1) is 5.92 Å². The molecule has 2 amide bonds. The van der Waals surface area contributed by atoms with Crippen LogP contribution in [-0.4, -0.2) is 72.9 Å². The third-order valence-electron chi connectivity index (χ3n) is 6.17. The molecule has 11 heteroatoms. The van der Waals surface area contributed by atoms with Crippen molar-refractivity contribution in [3.63, 3.8) is 0 Å². The number of nitrogens with one attached hydrogen (secondary N) is 1. The monoisotopic (exact) mass is 448 g/mol. The maximum absolute atomic E-state index is 13.0. The van der Waals surface area contributed by atoms with Crippen molar-refractivity contribution in [2.45, 2.75) is 57.0 Å². The molecule has 1 saturated carbocycles. The summed E-state index contributed by atoms with van der Waals surface area (Å²) >= 11 is 6.14. The summed E-state index contributed by atoms with van der Waals surface area (Å²) in [7, 11) is 1.44. The van der Waals surface area contributed by atoms with Crippen LogP contribution in [0.15, 0.2) is 24.5 Å². The van der Waals surface area contributed by atoms with Gasteiger partial charge in [-0.05, 0) is 66.8 Å². The molecule has 4 rings (SSSR count). The van der Waals surface area contributed by atoms with Gasteiger partial charge in [0.2, 0.25) is 5.91 Å². The second-order valence-corrected chi connectivity index (χ2v) is 8.95. The number of aliphatic hydroxyl groups excluding tert-OH is 1. The molecule has 4 atom stereocenters. The van der Waals surface area contributed by atoms with Crippen LogP contribution < -0.4 is 5.32 Å². The van der Waals surface area contributed by atoms with Crippen molar-refractivity contribution in [1.82, 2.24) is 30.4 Å². The largest absolute Gasteiger partial charge is 0.380 e. The van der Waals surface area contributed by atoms with E-state index in [1.54, 1.807) is 32.0 Å². The fraction of sp³-hybridized carbons (Fsp3) is 0.550. The van der Waals surface area contributed by atoms with Crippen LogP contribution in [0.4, 0.5) is 0 Å². The summed E-state index contributed by atoms with van der Waals surface area (Å²) in [5, 5.41) is 25.1. The molecule has 0 radical (unpaired) electrons. The van der Waals surface area contributed by atoms with Gasteiger partial charge in [0.25, 0.3) is 5.91 Å². The molecule has 1 aliphatic heterocycles. The van der Waals surface area contributed by atoms with Crippen molar-refractivity contribution in [3.8, 4) is 5.69 Å². The van der Waals surface area contributed by atoms with Crippen molar-refractivity contribution in [1.29, 1.82) is 0 Å². The molecule has 1 saturated heterocycles. The van der Waals surface area contributed by atoms with Crippen LogP contribution in [0.3, 0.4) is 0 Å². The van der Waals surface area contributed by atoms with Crippen molar-refractivity contribution in [2.75, 3.05) is 7.11 Å². The first-order chi connectivity index (χ1) is 14.7. The van der Waals surface area contributed by atoms with Gasteiger partial charge < -0.3 is 20.1 Å². The molecule has 0 spiro atoms. The normalized spacial score (nSPS) is 23.4. The Balaban J connectivity index is 1.48. The fourth-order valence-corrected chi connectivity index (χ4v) is 4.24. The number of fused-ring (bicyclic) bond motifs is 1. The number of nitrogens with zero attached hydrogens (tertiary/aromatic N) is 5. The Bertz CT molecular complexity index is 982. The van der Waals surface area contributed by atoms with Crippen molar-refractivity contribution < 1.29 is 19.4 Å². The zero-order valence-corrected chi connectivity index (χ0v) is 18.3. The van der Waals surface area contributed by atoms with Crippen molar-refractivity contribution in [2.24, 2.45) is 5.92 Å². The van der Waals surface area contributed by atoms with Gasteiger partial charge in [0.15, 0.2) is 6.10 Å². The second kappa shape index (κ2) is 8.18. The molecule has 2 heterocycles. The van der Waals surface area contributed by atoms with Crippen LogP contribution in [0.2, 0.25) is 5.02 Å². The number of methoxy groups -OCH3 is 1. The van der Waals surface area contributed by atoms with E-state index < -0.39 is 23.7 Å². The van der Waals surface area contributed by atoms with Gasteiger partial charge in [-0.25, -0.2) is 4.68 Å². The Morgan fingerprint density at radius 3 is 2.84 bits per heavy atom. The van der Waals surface area contributed by atoms with E-state index >= 15 is 0 Å². The number of hydrogen-bond acceptors (Lipinski definition) is 7. The van der Waals surface area contributed by atoms with E-state index in [-0.39, 0.29) is 18.5 Å². The minimum Gasteiger partial charge on any atom is -0.380 e. The lowest BCUT2D eigenvalue weighted by molar-refractivity contribution is -0.160. The summed E-state index contributed by atoms with van der Waals surface area (Å²) < 4.78 is 6.75. The van der Waals surface area contributed by atoms with Gasteiger partial charge in [0, 0.05) is 24.7 Å². The molecule has 1 unspecified atom stereocenters. The molecule has 1 aliphatic carbocycles. The number of rotatable bonds is 7. The standard InChI is InChI=1S/C20H25ClN6O4/c1-20(2,31-3)17(28)19(30)27-15-7-11(15)8-16(27)18(29)22-9-12-6-13(21)4-5-14(12)26-10-23-24-25-26/h4-6,10-11,15-17,28H,7-9H2,1-3H3,(H,22,29)/t11-,15-,16-,17?/m0/s1. The van der Waals surface area contributed by atoms with Crippen LogP contribution in [0.1, 0.15) is 32.3 Å². The second-order valence-electron chi connectivity index (χ2n) is 8.52. The topological polar surface area (TPSA) is 122 Å². The molecule has 10 nitrogen and oxygen atoms in total. The Hall–Kier alpha value is -2.56. The number of ether oxygens (including phenoxy) is 1. The number of aliphatic hydroxyl groups is 1. The van der Waals surface area contributed by atoms with E-state index in [4.69, 9.17) is 16.3 Å². The van der Waals surface area contributed by atoms with Gasteiger partial charge in [0.1, 0.15) is 12.4 Å². The summed E-state index contributed by atoms with van der Waals surface area (Å²) in [5.41, 5.74) is 0.371. The lowest BCUT2D eigenvalue weighted by Crippen LogP contribution is -2.55. The van der Waals surface area contributed by atoms with E-state index in [9.17, 15) is 14.7 Å². The average Bonchev–Trinajstić information content (AvgIpc) is 3.15. The third-order valence-corrected chi connectivity index (χ3v) is 6.41. The number of halogens is 1. The zero-order valence-electron chi connectivity index (χ0n) is 17.5. The molecule has 0 bridgehead atoms. The highest BCUT2D eigenvalue weighted by molar-refractivity contribution is 6.30. The van der Waals surface area contributed by atoms with Crippen LogP contribution in [-0.2, 0) is 20.9 Å². The highest BCUT2D eigenvalue weighted by Crippen LogP contribution is 2.48. The van der Waals surface area contributed by atoms with Crippen molar-refractivity contribution >= 4 is 23.4 Å². The molecule has 2 N–H and O–H groups in total. The first-order valence-electron chi connectivity index (χ1n) is 10.1. The van der Waals surface area contributed by atoms with Crippen molar-refractivity contribution in [3.05, 3.63) is 35.1 Å². The summed E-state index contributed by atoms with van der Waals surface area (Å²) in [6.45, 7) is 3.48. The number of tetrazole rings is 1. The fourth-order valence-electron chi connectivity index (χ4n) is 4.05. The molecule has 2 aliphatic rings. The minimum absolute atomic E-state index is 0.00601. The first kappa shape index (κ1) is 21.7. The van der Waals surface area contributed by atoms with E-state index in [0.717, 1.165) is 12.0 Å². The van der Waals surface area contributed by atoms with Crippen LogP contribution in [0.25, 0.3) is 5.69 Å². The number of aromatic nitrogens is 4. The van der Waals surface area contributed by atoms with Gasteiger partial charge in [-0.15, -0.1) is 5.10 Å². The molecule has 1 aromatic heterocycles. The number of carbonyl (C=O) groups excluding carboxylic acids is 2. The first-order valence-corrected chi connectivity index (χ1v) is 10.5. The quantitative estimate of drug-likeness (QED) is 0.639. The number of amides is 2. The predicted octanol–water partition coefficient (Wildman–Crippen LogP) is 0.707. The van der Waals surface area contributed by atoms with E-state index in [1.165, 1.54) is 23.0 Å².